The van der Waals surface area contributed by atoms with Crippen LogP contribution in [0.5, 0.6) is 0 Å². The second kappa shape index (κ2) is 6.39. The lowest BCUT2D eigenvalue weighted by Gasteiger charge is -2.05. The number of thioether (sulfide) groups is 1. The Morgan fingerprint density at radius 1 is 1.24 bits per heavy atom. The predicted molar refractivity (Wildman–Crippen MR) is 75.0 cm³/mol. The maximum absolute atomic E-state index is 5.61. The van der Waals surface area contributed by atoms with E-state index >= 15 is 0 Å². The van der Waals surface area contributed by atoms with Crippen LogP contribution in [0.2, 0.25) is 0 Å². The summed E-state index contributed by atoms with van der Waals surface area (Å²) in [7, 11) is 0. The summed E-state index contributed by atoms with van der Waals surface area (Å²) in [6.45, 7) is 0.670. The quantitative estimate of drug-likeness (QED) is 0.855. The first-order chi connectivity index (χ1) is 8.33. The van der Waals surface area contributed by atoms with Gasteiger partial charge in [-0.1, -0.05) is 53.1 Å². The molecule has 0 saturated heterocycles. The second-order valence-corrected chi connectivity index (χ2v) is 6.61. The number of hydrogen-bond acceptors (Lipinski definition) is 6. The zero-order chi connectivity index (χ0) is 12.1. The van der Waals surface area contributed by atoms with Crippen LogP contribution in [-0.2, 0) is 6.42 Å². The summed E-state index contributed by atoms with van der Waals surface area (Å²) >= 11 is 4.92. The van der Waals surface area contributed by atoms with Gasteiger partial charge >= 0.3 is 0 Å². The lowest BCUT2D eigenvalue weighted by atomic mass is 10.1. The van der Waals surface area contributed by atoms with Crippen LogP contribution < -0.4 is 5.73 Å². The van der Waals surface area contributed by atoms with Crippen LogP contribution in [0.25, 0.3) is 0 Å². The molecule has 0 unspecified atom stereocenters. The van der Waals surface area contributed by atoms with Crippen LogP contribution in [0.15, 0.2) is 37.8 Å². The van der Waals surface area contributed by atoms with Crippen molar-refractivity contribution in [3.05, 3.63) is 29.8 Å². The molecule has 0 fully saturated rings. The van der Waals surface area contributed by atoms with E-state index in [-0.39, 0.29) is 0 Å². The predicted octanol–water partition coefficient (Wildman–Crippen LogP) is 2.91. The van der Waals surface area contributed by atoms with Crippen molar-refractivity contribution >= 4 is 34.9 Å². The maximum Gasteiger partial charge on any atom is 0.179 e. The monoisotopic (exact) mass is 283 g/mol. The first-order valence-corrected chi connectivity index (χ1v) is 8.02. The van der Waals surface area contributed by atoms with Gasteiger partial charge in [0.15, 0.2) is 8.68 Å². The molecule has 1 aromatic heterocycles. The first-order valence-electron chi connectivity index (χ1n) is 5.17. The van der Waals surface area contributed by atoms with Crippen molar-refractivity contribution in [3.63, 3.8) is 0 Å². The Bertz CT molecular complexity index is 484. The summed E-state index contributed by atoms with van der Waals surface area (Å²) < 4.78 is 1.99. The van der Waals surface area contributed by atoms with E-state index in [2.05, 4.69) is 22.3 Å². The van der Waals surface area contributed by atoms with Crippen molar-refractivity contribution in [2.75, 3.05) is 12.8 Å². The summed E-state index contributed by atoms with van der Waals surface area (Å²) in [5.41, 5.74) is 6.89. The summed E-state index contributed by atoms with van der Waals surface area (Å²) in [6.07, 6.45) is 2.91. The van der Waals surface area contributed by atoms with E-state index in [1.165, 1.54) is 10.5 Å². The van der Waals surface area contributed by atoms with Gasteiger partial charge in [0.25, 0.3) is 0 Å². The molecular formula is C11H13N3S3. The van der Waals surface area contributed by atoms with Crippen molar-refractivity contribution in [3.8, 4) is 0 Å². The second-order valence-electron chi connectivity index (χ2n) is 3.29. The molecule has 0 aliphatic heterocycles. The van der Waals surface area contributed by atoms with Crippen LogP contribution in [0.3, 0.4) is 0 Å². The minimum Gasteiger partial charge on any atom is -0.330 e. The molecule has 90 valence electrons. The van der Waals surface area contributed by atoms with Crippen molar-refractivity contribution in [1.29, 1.82) is 0 Å². The molecule has 2 rings (SSSR count). The van der Waals surface area contributed by atoms with E-state index in [9.17, 15) is 0 Å². The molecule has 0 amide bonds. The molecule has 1 aromatic carbocycles. The van der Waals surface area contributed by atoms with E-state index in [0.29, 0.717) is 6.54 Å². The SMILES string of the molecule is CSc1nnc(Sc2ccccc2CCN)s1. The van der Waals surface area contributed by atoms with Gasteiger partial charge in [0.2, 0.25) is 0 Å². The van der Waals surface area contributed by atoms with Crippen LogP contribution in [-0.4, -0.2) is 23.0 Å². The number of aromatic nitrogens is 2. The average molecular weight is 283 g/mol. The summed E-state index contributed by atoms with van der Waals surface area (Å²) in [6, 6.07) is 8.31. The molecule has 0 saturated carbocycles. The van der Waals surface area contributed by atoms with Gasteiger partial charge in [-0.15, -0.1) is 10.2 Å². The molecule has 2 aromatic rings. The van der Waals surface area contributed by atoms with E-state index in [1.807, 2.05) is 18.4 Å². The standard InChI is InChI=1S/C11H13N3S3/c1-15-10-13-14-11(17-10)16-9-5-3-2-4-8(9)6-7-12/h2-5H,6-7,12H2,1H3. The van der Waals surface area contributed by atoms with Gasteiger partial charge in [0.1, 0.15) is 0 Å². The Morgan fingerprint density at radius 3 is 2.71 bits per heavy atom. The molecule has 1 heterocycles. The topological polar surface area (TPSA) is 51.8 Å². The van der Waals surface area contributed by atoms with Crippen LogP contribution >= 0.6 is 34.9 Å². The van der Waals surface area contributed by atoms with E-state index in [0.717, 1.165) is 15.1 Å². The lowest BCUT2D eigenvalue weighted by molar-refractivity contribution is 0.938. The lowest BCUT2D eigenvalue weighted by Crippen LogP contribution is -2.03. The number of hydrogen-bond donors (Lipinski definition) is 1. The highest BCUT2D eigenvalue weighted by Gasteiger charge is 2.08. The molecule has 0 radical (unpaired) electrons. The highest BCUT2D eigenvalue weighted by atomic mass is 32.2. The molecule has 0 spiro atoms. The molecule has 2 N–H and O–H groups in total. The third-order valence-electron chi connectivity index (χ3n) is 2.15. The van der Waals surface area contributed by atoms with Gasteiger partial charge in [-0.05, 0) is 30.9 Å². The fourth-order valence-corrected chi connectivity index (χ4v) is 3.93. The zero-order valence-corrected chi connectivity index (χ0v) is 11.9. The number of rotatable bonds is 5. The van der Waals surface area contributed by atoms with Crippen LogP contribution in [0.1, 0.15) is 5.56 Å². The molecule has 6 heteroatoms. The summed E-state index contributed by atoms with van der Waals surface area (Å²) in [5, 5.41) is 8.26. The average Bonchev–Trinajstić information content (AvgIpc) is 2.80. The smallest absolute Gasteiger partial charge is 0.179 e. The van der Waals surface area contributed by atoms with Crippen molar-refractivity contribution in [2.24, 2.45) is 5.73 Å². The molecular weight excluding hydrogens is 270 g/mol. The van der Waals surface area contributed by atoms with Gasteiger partial charge < -0.3 is 5.73 Å². The van der Waals surface area contributed by atoms with Gasteiger partial charge in [-0.25, -0.2) is 0 Å². The van der Waals surface area contributed by atoms with Crippen LogP contribution in [0.4, 0.5) is 0 Å². The number of nitrogens with zero attached hydrogens (tertiary/aromatic N) is 2. The maximum atomic E-state index is 5.61. The molecule has 0 aliphatic rings. The third kappa shape index (κ3) is 3.45. The van der Waals surface area contributed by atoms with Crippen molar-refractivity contribution < 1.29 is 0 Å². The third-order valence-corrected chi connectivity index (χ3v) is 5.21. The molecule has 3 nitrogen and oxygen atoms in total. The minimum atomic E-state index is 0.670. The first kappa shape index (κ1) is 12.9. The molecule has 17 heavy (non-hydrogen) atoms. The van der Waals surface area contributed by atoms with Crippen LogP contribution in [0, 0.1) is 0 Å². The molecule has 0 atom stereocenters. The highest BCUT2D eigenvalue weighted by molar-refractivity contribution is 8.03. The Balaban J connectivity index is 2.17. The molecule has 0 aliphatic carbocycles. The summed E-state index contributed by atoms with van der Waals surface area (Å²) in [4.78, 5) is 1.22. The van der Waals surface area contributed by atoms with Gasteiger partial charge in [0, 0.05) is 4.90 Å². The summed E-state index contributed by atoms with van der Waals surface area (Å²) in [5.74, 6) is 0. The fourth-order valence-electron chi connectivity index (χ4n) is 1.38. The van der Waals surface area contributed by atoms with Crippen molar-refractivity contribution in [2.45, 2.75) is 20.0 Å². The van der Waals surface area contributed by atoms with E-state index in [4.69, 9.17) is 5.73 Å². The number of nitrogens with two attached hydrogens (primary N) is 1. The van der Waals surface area contributed by atoms with Gasteiger partial charge in [0.05, 0.1) is 0 Å². The Morgan fingerprint density at radius 2 is 2.00 bits per heavy atom. The normalized spacial score (nSPS) is 10.7. The number of benzene rings is 1. The zero-order valence-electron chi connectivity index (χ0n) is 9.42. The Hall–Kier alpha value is -0.560. The van der Waals surface area contributed by atoms with Gasteiger partial charge in [-0.2, -0.15) is 0 Å². The van der Waals surface area contributed by atoms with E-state index in [1.54, 1.807) is 34.9 Å². The van der Waals surface area contributed by atoms with Crippen molar-refractivity contribution in [1.82, 2.24) is 10.2 Å². The Kier molecular flexibility index (Phi) is 4.85. The Labute approximate surface area is 113 Å². The minimum absolute atomic E-state index is 0.670. The largest absolute Gasteiger partial charge is 0.330 e. The molecule has 0 bridgehead atoms. The van der Waals surface area contributed by atoms with E-state index < -0.39 is 0 Å². The fraction of sp³-hybridized carbons (Fsp3) is 0.273. The highest BCUT2D eigenvalue weighted by Crippen LogP contribution is 2.34. The van der Waals surface area contributed by atoms with Gasteiger partial charge in [-0.3, -0.25) is 0 Å².